The Morgan fingerprint density at radius 1 is 1.83 bits per heavy atom. The molecule has 6 heavy (non-hydrogen) atoms. The van der Waals surface area contributed by atoms with Crippen molar-refractivity contribution in [2.45, 2.75) is 6.42 Å². The van der Waals surface area contributed by atoms with Crippen molar-refractivity contribution in [1.82, 2.24) is 0 Å². The van der Waals surface area contributed by atoms with Crippen molar-refractivity contribution >= 4 is 5.90 Å². The molecule has 0 bridgehead atoms. The summed E-state index contributed by atoms with van der Waals surface area (Å²) in [5.74, 6) is 1.04. The molecule has 1 N–H and O–H groups in total. The van der Waals surface area contributed by atoms with E-state index in [1.165, 1.54) is 0 Å². The van der Waals surface area contributed by atoms with E-state index in [2.05, 4.69) is 11.3 Å². The summed E-state index contributed by atoms with van der Waals surface area (Å²) < 4.78 is 4.53. The molecule has 0 saturated carbocycles. The Balaban J connectivity index is 2.47. The molecule has 2 heteroatoms. The van der Waals surface area contributed by atoms with Crippen LogP contribution in [0.3, 0.4) is 0 Å². The first-order chi connectivity index (χ1) is 2.79. The van der Waals surface area contributed by atoms with Gasteiger partial charge in [0.1, 0.15) is 5.76 Å². The zero-order chi connectivity index (χ0) is 4.57. The highest BCUT2D eigenvalue weighted by Gasteiger charge is 2.13. The van der Waals surface area contributed by atoms with E-state index in [0.717, 1.165) is 0 Å². The Bertz CT molecular complexity index is 84.1. The molecule has 2 nitrogen and oxygen atoms in total. The first kappa shape index (κ1) is 3.40. The number of hydrogen-bond donors (Lipinski definition) is 1. The van der Waals surface area contributed by atoms with Gasteiger partial charge in [0.2, 0.25) is 0 Å². The molecular weight excluding hydrogens is 78.0 g/mol. The van der Waals surface area contributed by atoms with Crippen LogP contribution in [0.15, 0.2) is 12.3 Å². The van der Waals surface area contributed by atoms with Crippen molar-refractivity contribution in [2.75, 3.05) is 0 Å². The van der Waals surface area contributed by atoms with E-state index in [4.69, 9.17) is 5.41 Å². The maximum absolute atomic E-state index is 6.68. The molecule has 0 radical (unpaired) electrons. The fourth-order valence-electron chi connectivity index (χ4n) is 0.345. The SMILES string of the molecule is C=C1CC(=N)O1. The van der Waals surface area contributed by atoms with Crippen LogP contribution >= 0.6 is 0 Å². The molecule has 1 aliphatic rings. The van der Waals surface area contributed by atoms with Gasteiger partial charge in [-0.3, -0.25) is 5.41 Å². The summed E-state index contributed by atoms with van der Waals surface area (Å²) in [5, 5.41) is 6.68. The van der Waals surface area contributed by atoms with Gasteiger partial charge in [0.25, 0.3) is 0 Å². The summed E-state index contributed by atoms with van der Waals surface area (Å²) in [4.78, 5) is 0. The van der Waals surface area contributed by atoms with Gasteiger partial charge < -0.3 is 4.74 Å². The standard InChI is InChI=1S/C4H5NO/c1-3-2-4(5)6-3/h5H,1-2H2. The molecule has 1 saturated heterocycles. The maximum Gasteiger partial charge on any atom is 0.194 e. The van der Waals surface area contributed by atoms with Crippen LogP contribution in [0.1, 0.15) is 6.42 Å². The van der Waals surface area contributed by atoms with Crippen molar-refractivity contribution in [1.29, 1.82) is 5.41 Å². The van der Waals surface area contributed by atoms with Crippen LogP contribution in [0.25, 0.3) is 0 Å². The van der Waals surface area contributed by atoms with E-state index >= 15 is 0 Å². The van der Waals surface area contributed by atoms with Gasteiger partial charge in [-0.25, -0.2) is 0 Å². The molecule has 1 rings (SSSR count). The molecule has 0 unspecified atom stereocenters. The van der Waals surface area contributed by atoms with Crippen LogP contribution in [0, 0.1) is 5.41 Å². The Kier molecular flexibility index (Phi) is 0.473. The van der Waals surface area contributed by atoms with E-state index in [-0.39, 0.29) is 0 Å². The normalized spacial score (nSPS) is 19.3. The molecule has 0 aromatic heterocycles. The average molecular weight is 83.1 g/mol. The summed E-state index contributed by atoms with van der Waals surface area (Å²) in [6.07, 6.45) is 0.639. The van der Waals surface area contributed by atoms with Crippen LogP contribution in [0.4, 0.5) is 0 Å². The van der Waals surface area contributed by atoms with Crippen molar-refractivity contribution < 1.29 is 4.74 Å². The number of hydrogen-bond acceptors (Lipinski definition) is 2. The second kappa shape index (κ2) is 0.834. The third-order valence-electron chi connectivity index (χ3n) is 0.625. The predicted octanol–water partition coefficient (Wildman–Crippen LogP) is 0.898. The fraction of sp³-hybridized carbons (Fsp3) is 0.250. The monoisotopic (exact) mass is 83.0 g/mol. The third kappa shape index (κ3) is 0.302. The Morgan fingerprint density at radius 3 is 2.33 bits per heavy atom. The van der Waals surface area contributed by atoms with Gasteiger partial charge in [-0.2, -0.15) is 0 Å². The largest absolute Gasteiger partial charge is 0.448 e. The lowest BCUT2D eigenvalue weighted by Crippen LogP contribution is -2.14. The third-order valence-corrected chi connectivity index (χ3v) is 0.625. The van der Waals surface area contributed by atoms with E-state index < -0.39 is 0 Å². The number of nitrogens with one attached hydrogen (secondary N) is 1. The van der Waals surface area contributed by atoms with Crippen LogP contribution in [0.2, 0.25) is 0 Å². The van der Waals surface area contributed by atoms with Gasteiger partial charge in [0.15, 0.2) is 5.90 Å². The summed E-state index contributed by atoms with van der Waals surface area (Å²) in [6, 6.07) is 0. The van der Waals surface area contributed by atoms with Crippen LogP contribution < -0.4 is 0 Å². The minimum atomic E-state index is 0.333. The molecule has 1 aliphatic heterocycles. The molecule has 32 valence electrons. The fourth-order valence-corrected chi connectivity index (χ4v) is 0.345. The van der Waals surface area contributed by atoms with E-state index in [9.17, 15) is 0 Å². The lowest BCUT2D eigenvalue weighted by molar-refractivity contribution is 0.329. The minimum Gasteiger partial charge on any atom is -0.448 e. The second-order valence-corrected chi connectivity index (χ2v) is 1.24. The molecule has 1 heterocycles. The van der Waals surface area contributed by atoms with Crippen molar-refractivity contribution in [3.63, 3.8) is 0 Å². The highest BCUT2D eigenvalue weighted by molar-refractivity contribution is 5.81. The topological polar surface area (TPSA) is 33.1 Å². The first-order valence-electron chi connectivity index (χ1n) is 1.72. The van der Waals surface area contributed by atoms with Crippen molar-refractivity contribution in [3.05, 3.63) is 12.3 Å². The average Bonchev–Trinajstić information content (AvgIpc) is 1.33. The minimum absolute atomic E-state index is 0.333. The van der Waals surface area contributed by atoms with E-state index in [1.807, 2.05) is 0 Å². The van der Waals surface area contributed by atoms with Gasteiger partial charge in [-0.05, 0) is 0 Å². The number of ether oxygens (including phenoxy) is 1. The van der Waals surface area contributed by atoms with Gasteiger partial charge >= 0.3 is 0 Å². The molecule has 0 atom stereocenters. The van der Waals surface area contributed by atoms with Gasteiger partial charge in [0.05, 0.1) is 6.42 Å². The molecule has 0 amide bonds. The van der Waals surface area contributed by atoms with Crippen molar-refractivity contribution in [3.8, 4) is 0 Å². The van der Waals surface area contributed by atoms with Crippen LogP contribution in [0.5, 0.6) is 0 Å². The number of rotatable bonds is 0. The van der Waals surface area contributed by atoms with Gasteiger partial charge in [-0.1, -0.05) is 6.58 Å². The lowest BCUT2D eigenvalue weighted by atomic mass is 10.3. The molecule has 0 aromatic rings. The summed E-state index contributed by atoms with van der Waals surface area (Å²) in [6.45, 7) is 3.45. The zero-order valence-electron chi connectivity index (χ0n) is 3.32. The highest BCUT2D eigenvalue weighted by Crippen LogP contribution is 2.13. The Morgan fingerprint density at radius 2 is 2.33 bits per heavy atom. The van der Waals surface area contributed by atoms with Gasteiger partial charge in [-0.15, -0.1) is 0 Å². The molecule has 1 fully saturated rings. The van der Waals surface area contributed by atoms with Crippen molar-refractivity contribution in [2.24, 2.45) is 0 Å². The van der Waals surface area contributed by atoms with Crippen LogP contribution in [-0.4, -0.2) is 5.90 Å². The maximum atomic E-state index is 6.68. The second-order valence-electron chi connectivity index (χ2n) is 1.24. The lowest BCUT2D eigenvalue weighted by Gasteiger charge is -2.16. The Labute approximate surface area is 35.9 Å². The van der Waals surface area contributed by atoms with E-state index in [1.54, 1.807) is 0 Å². The summed E-state index contributed by atoms with van der Waals surface area (Å²) in [5.41, 5.74) is 0. The summed E-state index contributed by atoms with van der Waals surface area (Å²) in [7, 11) is 0. The predicted molar refractivity (Wildman–Crippen MR) is 22.6 cm³/mol. The molecule has 0 aromatic carbocycles. The Hall–Kier alpha value is -0.790. The summed E-state index contributed by atoms with van der Waals surface area (Å²) >= 11 is 0. The van der Waals surface area contributed by atoms with E-state index in [0.29, 0.717) is 18.1 Å². The first-order valence-corrected chi connectivity index (χ1v) is 1.72. The highest BCUT2D eigenvalue weighted by atomic mass is 16.5. The molecule has 0 aliphatic carbocycles. The smallest absolute Gasteiger partial charge is 0.194 e. The molecule has 0 spiro atoms. The molecular formula is C4H5NO. The van der Waals surface area contributed by atoms with Crippen LogP contribution in [-0.2, 0) is 4.74 Å². The quantitative estimate of drug-likeness (QED) is 0.463. The zero-order valence-corrected chi connectivity index (χ0v) is 3.32. The van der Waals surface area contributed by atoms with Gasteiger partial charge in [0, 0.05) is 0 Å².